The van der Waals surface area contributed by atoms with Crippen LogP contribution < -0.4 is 5.32 Å². The lowest BCUT2D eigenvalue weighted by Gasteiger charge is -2.23. The Balaban J connectivity index is 1.95. The number of allylic oxidation sites excluding steroid dienone is 1. The number of thioether (sulfide) groups is 1. The quantitative estimate of drug-likeness (QED) is 0.591. The van der Waals surface area contributed by atoms with E-state index in [0.29, 0.717) is 6.04 Å². The average Bonchev–Trinajstić information content (AvgIpc) is 2.44. The molecule has 1 unspecified atom stereocenters. The molecule has 0 spiro atoms. The summed E-state index contributed by atoms with van der Waals surface area (Å²) in [6, 6.07) is 8.64. The lowest BCUT2D eigenvalue weighted by molar-refractivity contribution is 0.580. The van der Waals surface area contributed by atoms with Crippen molar-refractivity contribution in [1.82, 2.24) is 5.32 Å². The minimum atomic E-state index is 0.509. The number of likely N-dealkylation sites (N-methyl/N-ethyl adjacent to an activating group) is 1. The molecule has 1 aromatic rings. The molecule has 0 aromatic heterocycles. The zero-order valence-electron chi connectivity index (χ0n) is 11.5. The van der Waals surface area contributed by atoms with E-state index in [1.165, 1.54) is 30.6 Å². The van der Waals surface area contributed by atoms with Crippen molar-refractivity contribution in [2.24, 2.45) is 0 Å². The van der Waals surface area contributed by atoms with Gasteiger partial charge >= 0.3 is 0 Å². The molecule has 1 N–H and O–H groups in total. The SMILES string of the molecule is CCNC(CSc1cccc(Cl)c1)C1=CCCCC1. The fourth-order valence-electron chi connectivity index (χ4n) is 2.46. The second kappa shape index (κ2) is 7.98. The topological polar surface area (TPSA) is 12.0 Å². The summed E-state index contributed by atoms with van der Waals surface area (Å²) in [5, 5.41) is 4.44. The summed E-state index contributed by atoms with van der Waals surface area (Å²) in [7, 11) is 0. The Morgan fingerprint density at radius 3 is 2.95 bits per heavy atom. The predicted molar refractivity (Wildman–Crippen MR) is 86.2 cm³/mol. The van der Waals surface area contributed by atoms with Gasteiger partial charge in [-0.1, -0.05) is 36.2 Å². The standard InChI is InChI=1S/C16H22ClNS/c1-2-18-16(13-7-4-3-5-8-13)12-19-15-10-6-9-14(17)11-15/h6-7,9-11,16,18H,2-5,8,12H2,1H3. The number of halogens is 1. The van der Waals surface area contributed by atoms with Gasteiger partial charge in [-0.15, -0.1) is 11.8 Å². The fraction of sp³-hybridized carbons (Fsp3) is 0.500. The molecular formula is C16H22ClNS. The summed E-state index contributed by atoms with van der Waals surface area (Å²) in [5.41, 5.74) is 1.60. The van der Waals surface area contributed by atoms with Crippen LogP contribution in [0, 0.1) is 0 Å². The summed E-state index contributed by atoms with van der Waals surface area (Å²) < 4.78 is 0. The van der Waals surface area contributed by atoms with Gasteiger partial charge in [0.15, 0.2) is 0 Å². The summed E-state index contributed by atoms with van der Waals surface area (Å²) in [6.07, 6.45) is 7.64. The highest BCUT2D eigenvalue weighted by Gasteiger charge is 2.15. The molecule has 0 radical (unpaired) electrons. The smallest absolute Gasteiger partial charge is 0.0417 e. The van der Waals surface area contributed by atoms with Gasteiger partial charge in [-0.05, 0) is 50.4 Å². The van der Waals surface area contributed by atoms with Gasteiger partial charge in [-0.3, -0.25) is 0 Å². The lowest BCUT2D eigenvalue weighted by atomic mass is 9.95. The number of hydrogen-bond donors (Lipinski definition) is 1. The van der Waals surface area contributed by atoms with Crippen LogP contribution in [0.3, 0.4) is 0 Å². The van der Waals surface area contributed by atoms with Crippen molar-refractivity contribution < 1.29 is 0 Å². The van der Waals surface area contributed by atoms with Gasteiger partial charge in [0.1, 0.15) is 0 Å². The zero-order valence-corrected chi connectivity index (χ0v) is 13.1. The Morgan fingerprint density at radius 2 is 2.26 bits per heavy atom. The molecule has 1 aliphatic carbocycles. The summed E-state index contributed by atoms with van der Waals surface area (Å²) >= 11 is 7.92. The van der Waals surface area contributed by atoms with E-state index in [0.717, 1.165) is 17.3 Å². The van der Waals surface area contributed by atoms with Gasteiger partial charge in [0.2, 0.25) is 0 Å². The van der Waals surface area contributed by atoms with Crippen molar-refractivity contribution in [2.45, 2.75) is 43.5 Å². The summed E-state index contributed by atoms with van der Waals surface area (Å²) in [4.78, 5) is 1.26. The number of nitrogens with one attached hydrogen (secondary N) is 1. The Hall–Kier alpha value is -0.440. The van der Waals surface area contributed by atoms with Crippen LogP contribution >= 0.6 is 23.4 Å². The van der Waals surface area contributed by atoms with E-state index in [-0.39, 0.29) is 0 Å². The van der Waals surface area contributed by atoms with Gasteiger partial charge in [0.25, 0.3) is 0 Å². The molecule has 2 rings (SSSR count). The Kier molecular flexibility index (Phi) is 6.29. The van der Waals surface area contributed by atoms with Crippen molar-refractivity contribution in [1.29, 1.82) is 0 Å². The van der Waals surface area contributed by atoms with Crippen LogP contribution in [-0.4, -0.2) is 18.3 Å². The van der Waals surface area contributed by atoms with E-state index < -0.39 is 0 Å². The van der Waals surface area contributed by atoms with Crippen LogP contribution in [0.2, 0.25) is 5.02 Å². The van der Waals surface area contributed by atoms with Crippen molar-refractivity contribution in [2.75, 3.05) is 12.3 Å². The molecule has 0 bridgehead atoms. The molecule has 3 heteroatoms. The highest BCUT2D eigenvalue weighted by Crippen LogP contribution is 2.27. The third-order valence-corrected chi connectivity index (χ3v) is 4.76. The van der Waals surface area contributed by atoms with Gasteiger partial charge < -0.3 is 5.32 Å². The third-order valence-electron chi connectivity index (χ3n) is 3.44. The van der Waals surface area contributed by atoms with E-state index >= 15 is 0 Å². The van der Waals surface area contributed by atoms with Crippen molar-refractivity contribution in [3.63, 3.8) is 0 Å². The molecule has 1 nitrogen and oxygen atoms in total. The van der Waals surface area contributed by atoms with E-state index in [1.807, 2.05) is 30.0 Å². The Labute approximate surface area is 125 Å². The Morgan fingerprint density at radius 1 is 1.37 bits per heavy atom. The van der Waals surface area contributed by atoms with E-state index in [1.54, 1.807) is 5.57 Å². The molecule has 104 valence electrons. The van der Waals surface area contributed by atoms with Crippen LogP contribution in [0.4, 0.5) is 0 Å². The van der Waals surface area contributed by atoms with Crippen LogP contribution in [-0.2, 0) is 0 Å². The maximum atomic E-state index is 6.03. The fourth-order valence-corrected chi connectivity index (χ4v) is 3.79. The van der Waals surface area contributed by atoms with Gasteiger partial charge in [0.05, 0.1) is 0 Å². The minimum absolute atomic E-state index is 0.509. The van der Waals surface area contributed by atoms with E-state index in [4.69, 9.17) is 11.6 Å². The van der Waals surface area contributed by atoms with Gasteiger partial charge in [-0.2, -0.15) is 0 Å². The van der Waals surface area contributed by atoms with Crippen molar-refractivity contribution in [3.8, 4) is 0 Å². The predicted octanol–water partition coefficient (Wildman–Crippen LogP) is 4.91. The van der Waals surface area contributed by atoms with Crippen molar-refractivity contribution >= 4 is 23.4 Å². The number of rotatable bonds is 6. The van der Waals surface area contributed by atoms with E-state index in [9.17, 15) is 0 Å². The molecular weight excluding hydrogens is 274 g/mol. The maximum Gasteiger partial charge on any atom is 0.0417 e. The molecule has 0 heterocycles. The van der Waals surface area contributed by atoms with Crippen molar-refractivity contribution in [3.05, 3.63) is 40.9 Å². The maximum absolute atomic E-state index is 6.03. The first-order valence-electron chi connectivity index (χ1n) is 7.10. The minimum Gasteiger partial charge on any atom is -0.310 e. The summed E-state index contributed by atoms with van der Waals surface area (Å²) in [6.45, 7) is 3.21. The van der Waals surface area contributed by atoms with Crippen LogP contribution in [0.5, 0.6) is 0 Å². The van der Waals surface area contributed by atoms with Crippen LogP contribution in [0.15, 0.2) is 40.8 Å². The van der Waals surface area contributed by atoms with Gasteiger partial charge in [-0.25, -0.2) is 0 Å². The lowest BCUT2D eigenvalue weighted by Crippen LogP contribution is -2.33. The molecule has 1 atom stereocenters. The van der Waals surface area contributed by atoms with Gasteiger partial charge in [0, 0.05) is 21.7 Å². The monoisotopic (exact) mass is 295 g/mol. The normalized spacial score (nSPS) is 17.1. The highest BCUT2D eigenvalue weighted by atomic mass is 35.5. The molecule has 0 saturated heterocycles. The molecule has 1 aliphatic rings. The first-order valence-corrected chi connectivity index (χ1v) is 8.46. The zero-order chi connectivity index (χ0) is 13.5. The third kappa shape index (κ3) is 4.87. The number of benzene rings is 1. The highest BCUT2D eigenvalue weighted by molar-refractivity contribution is 7.99. The Bertz CT molecular complexity index is 431. The van der Waals surface area contributed by atoms with E-state index in [2.05, 4.69) is 24.4 Å². The van der Waals surface area contributed by atoms with Crippen LogP contribution in [0.1, 0.15) is 32.6 Å². The molecule has 0 fully saturated rings. The largest absolute Gasteiger partial charge is 0.310 e. The molecule has 0 saturated carbocycles. The molecule has 0 amide bonds. The summed E-state index contributed by atoms with van der Waals surface area (Å²) in [5.74, 6) is 1.08. The first-order chi connectivity index (χ1) is 9.29. The number of hydrogen-bond acceptors (Lipinski definition) is 2. The molecule has 19 heavy (non-hydrogen) atoms. The molecule has 0 aliphatic heterocycles. The first kappa shape index (κ1) is 15.0. The second-order valence-electron chi connectivity index (χ2n) is 4.90. The molecule has 1 aromatic carbocycles. The van der Waals surface area contributed by atoms with Crippen LogP contribution in [0.25, 0.3) is 0 Å². The second-order valence-corrected chi connectivity index (χ2v) is 6.43. The average molecular weight is 296 g/mol.